The highest BCUT2D eigenvalue weighted by Crippen LogP contribution is 2.54. The number of carbonyl (C=O) groups is 3. The van der Waals surface area contributed by atoms with Crippen molar-refractivity contribution in [1.82, 2.24) is 4.98 Å². The van der Waals surface area contributed by atoms with Gasteiger partial charge in [-0.15, -0.1) is 0 Å². The summed E-state index contributed by atoms with van der Waals surface area (Å²) >= 11 is 7.77. The summed E-state index contributed by atoms with van der Waals surface area (Å²) in [4.78, 5) is 56.0. The number of ether oxygens (including phenoxy) is 2. The van der Waals surface area contributed by atoms with Crippen LogP contribution in [0.3, 0.4) is 0 Å². The van der Waals surface area contributed by atoms with E-state index >= 15 is 0 Å². The third-order valence-electron chi connectivity index (χ3n) is 7.29. The zero-order valence-electron chi connectivity index (χ0n) is 23.0. The van der Waals surface area contributed by atoms with Gasteiger partial charge in [0.25, 0.3) is 5.91 Å². The Kier molecular flexibility index (Phi) is 8.14. The van der Waals surface area contributed by atoms with Gasteiger partial charge in [-0.05, 0) is 60.2 Å². The number of imide groups is 1. The van der Waals surface area contributed by atoms with Crippen LogP contribution < -0.4 is 24.6 Å². The van der Waals surface area contributed by atoms with E-state index in [2.05, 4.69) is 10.3 Å². The Morgan fingerprint density at radius 1 is 1.02 bits per heavy atom. The molecule has 1 aromatic heterocycles. The first kappa shape index (κ1) is 30.7. The normalized spacial score (nSPS) is 19.2. The molecular weight excluding hydrogens is 655 g/mol. The molecule has 6 rings (SSSR count). The molecular formula is C30H21ClF3N3O6S2. The van der Waals surface area contributed by atoms with Gasteiger partial charge in [0.1, 0.15) is 5.25 Å². The third kappa shape index (κ3) is 5.92. The molecule has 2 aliphatic rings. The number of fused-ring (bicyclic) bond motifs is 2. The smallest absolute Gasteiger partial charge is 0.416 e. The van der Waals surface area contributed by atoms with Crippen LogP contribution in [-0.2, 0) is 20.6 Å². The lowest BCUT2D eigenvalue weighted by Crippen LogP contribution is -2.32. The molecule has 2 aliphatic heterocycles. The van der Waals surface area contributed by atoms with E-state index in [1.807, 2.05) is 0 Å². The molecule has 3 aromatic carbocycles. The average molecular weight is 676 g/mol. The molecule has 0 saturated carbocycles. The van der Waals surface area contributed by atoms with E-state index in [9.17, 15) is 32.3 Å². The quantitative estimate of drug-likeness (QED) is 0.233. The number of methoxy groups -OCH3 is 1. The molecule has 0 aliphatic carbocycles. The second-order valence-corrected chi connectivity index (χ2v) is 12.7. The third-order valence-corrected chi connectivity index (χ3v) is 9.94. The minimum absolute atomic E-state index is 0.191. The molecule has 0 spiro atoms. The highest BCUT2D eigenvalue weighted by molar-refractivity contribution is 8.00. The maximum Gasteiger partial charge on any atom is 0.416 e. The van der Waals surface area contributed by atoms with E-state index < -0.39 is 46.5 Å². The van der Waals surface area contributed by atoms with Crippen molar-refractivity contribution in [3.63, 3.8) is 0 Å². The Balaban J connectivity index is 1.30. The van der Waals surface area contributed by atoms with Crippen molar-refractivity contribution in [3.05, 3.63) is 97.4 Å². The lowest BCUT2D eigenvalue weighted by molar-refractivity contribution is -0.137. The zero-order chi connectivity index (χ0) is 32.0. The summed E-state index contributed by atoms with van der Waals surface area (Å²) in [6, 6.07) is 15.3. The van der Waals surface area contributed by atoms with Gasteiger partial charge in [-0.1, -0.05) is 46.8 Å². The van der Waals surface area contributed by atoms with Gasteiger partial charge in [0.15, 0.2) is 18.1 Å². The lowest BCUT2D eigenvalue weighted by Gasteiger charge is -2.30. The summed E-state index contributed by atoms with van der Waals surface area (Å²) in [5.41, 5.74) is -0.158. The van der Waals surface area contributed by atoms with E-state index in [1.54, 1.807) is 42.5 Å². The van der Waals surface area contributed by atoms with Crippen molar-refractivity contribution in [2.24, 2.45) is 5.92 Å². The highest BCUT2D eigenvalue weighted by Gasteiger charge is 2.56. The topological polar surface area (TPSA) is 118 Å². The Morgan fingerprint density at radius 3 is 2.49 bits per heavy atom. The zero-order valence-corrected chi connectivity index (χ0v) is 25.4. The van der Waals surface area contributed by atoms with Crippen LogP contribution in [0.2, 0.25) is 5.02 Å². The van der Waals surface area contributed by atoms with Crippen LogP contribution in [0.4, 0.5) is 24.5 Å². The van der Waals surface area contributed by atoms with Crippen molar-refractivity contribution in [1.29, 1.82) is 0 Å². The van der Waals surface area contributed by atoms with Crippen molar-refractivity contribution in [2.45, 2.75) is 22.4 Å². The van der Waals surface area contributed by atoms with Crippen molar-refractivity contribution in [3.8, 4) is 11.5 Å². The first-order chi connectivity index (χ1) is 21.4. The molecule has 0 radical (unpaired) electrons. The SMILES string of the molecule is COc1cc(C2c3sc(=O)[nH]c3SC3C(=O)N(c4cccc(C(F)(F)F)c4)C(=O)C32)ccc1OCC(=O)Nc1ccc(Cl)cc1. The second kappa shape index (κ2) is 11.9. The number of nitrogens with zero attached hydrogens (tertiary/aromatic N) is 1. The minimum Gasteiger partial charge on any atom is -0.493 e. The number of hydrogen-bond donors (Lipinski definition) is 2. The summed E-state index contributed by atoms with van der Waals surface area (Å²) in [6.45, 7) is -0.356. The van der Waals surface area contributed by atoms with Gasteiger partial charge >= 0.3 is 11.0 Å². The summed E-state index contributed by atoms with van der Waals surface area (Å²) in [5, 5.41) is 2.60. The van der Waals surface area contributed by atoms with Gasteiger partial charge in [-0.25, -0.2) is 4.90 Å². The Bertz CT molecular complexity index is 1880. The number of rotatable bonds is 7. The van der Waals surface area contributed by atoms with E-state index in [0.29, 0.717) is 26.2 Å². The predicted molar refractivity (Wildman–Crippen MR) is 162 cm³/mol. The average Bonchev–Trinajstić information content (AvgIpc) is 3.50. The van der Waals surface area contributed by atoms with Crippen molar-refractivity contribution < 1.29 is 37.0 Å². The molecule has 9 nitrogen and oxygen atoms in total. The van der Waals surface area contributed by atoms with Gasteiger partial charge in [0.2, 0.25) is 11.8 Å². The molecule has 3 amide bonds. The number of nitrogens with one attached hydrogen (secondary N) is 2. The highest BCUT2D eigenvalue weighted by atomic mass is 35.5. The number of hydrogen-bond acceptors (Lipinski definition) is 8. The molecule has 3 heterocycles. The van der Waals surface area contributed by atoms with Crippen LogP contribution in [0, 0.1) is 5.92 Å². The maximum absolute atomic E-state index is 13.9. The number of thioether (sulfide) groups is 1. The standard InChI is InChI=1S/C30H21ClF3N3O6S2/c1-42-20-11-14(5-10-19(20)43-13-21(38)35-17-8-6-16(31)7-9-17)22-23-25(44-26-24(22)45-29(41)36-26)28(40)37(27(23)39)18-4-2-3-15(12-18)30(32,33)34/h2-12,22-23,25H,13H2,1H3,(H,35,38)(H,36,41). The van der Waals surface area contributed by atoms with Crippen LogP contribution in [-0.4, -0.2) is 41.7 Å². The van der Waals surface area contributed by atoms with E-state index in [0.717, 1.165) is 46.2 Å². The lowest BCUT2D eigenvalue weighted by atomic mass is 9.83. The van der Waals surface area contributed by atoms with E-state index in [4.69, 9.17) is 21.1 Å². The number of alkyl halides is 3. The number of anilines is 2. The number of aromatic amines is 1. The molecule has 3 unspecified atom stereocenters. The van der Waals surface area contributed by atoms with E-state index in [1.165, 1.54) is 13.2 Å². The van der Waals surface area contributed by atoms with Crippen LogP contribution in [0.15, 0.2) is 76.6 Å². The van der Waals surface area contributed by atoms with Crippen LogP contribution in [0.5, 0.6) is 11.5 Å². The summed E-state index contributed by atoms with van der Waals surface area (Å²) in [6.07, 6.45) is -4.67. The van der Waals surface area contributed by atoms with Crippen LogP contribution in [0.1, 0.15) is 21.9 Å². The molecule has 1 fully saturated rings. The predicted octanol–water partition coefficient (Wildman–Crippen LogP) is 5.93. The summed E-state index contributed by atoms with van der Waals surface area (Å²) < 4.78 is 51.5. The fourth-order valence-electron chi connectivity index (χ4n) is 5.32. The van der Waals surface area contributed by atoms with Crippen LogP contribution in [0.25, 0.3) is 0 Å². The molecule has 232 valence electrons. The van der Waals surface area contributed by atoms with Crippen LogP contribution >= 0.6 is 34.7 Å². The van der Waals surface area contributed by atoms with Gasteiger partial charge in [-0.2, -0.15) is 13.2 Å². The minimum atomic E-state index is -4.67. The van der Waals surface area contributed by atoms with E-state index in [-0.39, 0.29) is 28.7 Å². The molecule has 0 bridgehead atoms. The monoisotopic (exact) mass is 675 g/mol. The number of benzene rings is 3. The summed E-state index contributed by atoms with van der Waals surface area (Å²) in [7, 11) is 1.39. The fourth-order valence-corrected chi connectivity index (χ4v) is 7.96. The van der Waals surface area contributed by atoms with Crippen molar-refractivity contribution >= 4 is 63.8 Å². The fraction of sp³-hybridized carbons (Fsp3) is 0.200. The summed E-state index contributed by atoms with van der Waals surface area (Å²) in [5.74, 6) is -3.21. The number of amides is 3. The van der Waals surface area contributed by atoms with Gasteiger partial charge < -0.3 is 19.8 Å². The first-order valence-electron chi connectivity index (χ1n) is 13.3. The van der Waals surface area contributed by atoms with Gasteiger partial charge in [0.05, 0.1) is 29.3 Å². The number of aromatic nitrogens is 1. The van der Waals surface area contributed by atoms with Gasteiger partial charge in [-0.3, -0.25) is 19.2 Å². The Labute approximate surface area is 266 Å². The Hall–Kier alpha value is -4.27. The molecule has 45 heavy (non-hydrogen) atoms. The number of thiazole rings is 1. The number of halogens is 4. The van der Waals surface area contributed by atoms with Gasteiger partial charge in [0, 0.05) is 21.5 Å². The number of carbonyl (C=O) groups excluding carboxylic acids is 3. The molecule has 2 N–H and O–H groups in total. The molecule has 4 aromatic rings. The maximum atomic E-state index is 13.9. The molecule has 15 heteroatoms. The number of H-pyrrole nitrogens is 1. The Morgan fingerprint density at radius 2 is 1.78 bits per heavy atom. The molecule has 1 saturated heterocycles. The largest absolute Gasteiger partial charge is 0.493 e. The first-order valence-corrected chi connectivity index (χ1v) is 15.3. The molecule has 3 atom stereocenters. The van der Waals surface area contributed by atoms with Crippen molar-refractivity contribution in [2.75, 3.05) is 23.9 Å². The second-order valence-electron chi connectivity index (χ2n) is 10.1.